The Morgan fingerprint density at radius 3 is 2.95 bits per heavy atom. The summed E-state index contributed by atoms with van der Waals surface area (Å²) in [6.45, 7) is 4.37. The van der Waals surface area contributed by atoms with Gasteiger partial charge in [0, 0.05) is 17.8 Å². The van der Waals surface area contributed by atoms with Gasteiger partial charge in [0.15, 0.2) is 5.82 Å². The van der Waals surface area contributed by atoms with Gasteiger partial charge in [0.05, 0.1) is 30.2 Å². The van der Waals surface area contributed by atoms with Crippen LogP contribution in [-0.4, -0.2) is 26.5 Å². The van der Waals surface area contributed by atoms with E-state index in [0.29, 0.717) is 18.2 Å². The van der Waals surface area contributed by atoms with Crippen LogP contribution < -0.4 is 4.74 Å². The molecule has 0 spiro atoms. The number of thiocarbonyl (C=S) groups is 1. The molecule has 5 nitrogen and oxygen atoms in total. The average molecular weight is 292 g/mol. The van der Waals surface area contributed by atoms with Gasteiger partial charge >= 0.3 is 0 Å². The quantitative estimate of drug-likeness (QED) is 0.628. The van der Waals surface area contributed by atoms with Crippen molar-refractivity contribution >= 4 is 23.2 Å². The van der Waals surface area contributed by atoms with Gasteiger partial charge in [-0.2, -0.15) is 10.1 Å². The lowest BCUT2D eigenvalue weighted by atomic mass is 10.3. The molecule has 2 heterocycles. The van der Waals surface area contributed by atoms with Crippen molar-refractivity contribution in [1.82, 2.24) is 14.8 Å². The monoisotopic (exact) mass is 292 g/mol. The van der Waals surface area contributed by atoms with Crippen LogP contribution in [0.25, 0.3) is 0 Å². The summed E-state index contributed by atoms with van der Waals surface area (Å²) >= 11 is 4.52. The van der Waals surface area contributed by atoms with Crippen molar-refractivity contribution in [3.05, 3.63) is 35.5 Å². The van der Waals surface area contributed by atoms with E-state index in [4.69, 9.17) is 4.74 Å². The number of ether oxygens (including phenoxy) is 1. The lowest BCUT2D eigenvalue weighted by molar-refractivity contribution is 0.336. The Balaban J connectivity index is 2.23. The molecule has 0 unspecified atom stereocenters. The van der Waals surface area contributed by atoms with E-state index >= 15 is 0 Å². The minimum Gasteiger partial charge on any atom is -0.492 e. The molecule has 2 aromatic rings. The maximum atomic E-state index is 13.9. The molecule has 104 valence electrons. The minimum atomic E-state index is -0.425. The second-order valence-corrected chi connectivity index (χ2v) is 4.22. The zero-order chi connectivity index (χ0) is 14.5. The van der Waals surface area contributed by atoms with Gasteiger partial charge in [-0.3, -0.25) is 9.67 Å². The second-order valence-electron chi connectivity index (χ2n) is 4.04. The first kappa shape index (κ1) is 14.3. The van der Waals surface area contributed by atoms with Crippen LogP contribution in [0.15, 0.2) is 23.3 Å². The minimum absolute atomic E-state index is 0.219. The van der Waals surface area contributed by atoms with Crippen molar-refractivity contribution in [3.63, 3.8) is 0 Å². The van der Waals surface area contributed by atoms with Gasteiger partial charge in [0.1, 0.15) is 11.6 Å². The SMILES string of the molecule is CCOc1cnc(Cn2nc(N=C=S)cc2C)c(F)c1. The van der Waals surface area contributed by atoms with E-state index in [1.54, 1.807) is 10.7 Å². The highest BCUT2D eigenvalue weighted by Gasteiger charge is 2.10. The van der Waals surface area contributed by atoms with Gasteiger partial charge < -0.3 is 4.74 Å². The van der Waals surface area contributed by atoms with Gasteiger partial charge in [0.2, 0.25) is 0 Å². The molecule has 0 aliphatic heterocycles. The zero-order valence-electron chi connectivity index (χ0n) is 11.1. The van der Waals surface area contributed by atoms with Crippen LogP contribution in [0, 0.1) is 12.7 Å². The molecule has 0 fully saturated rings. The number of aromatic nitrogens is 3. The Morgan fingerprint density at radius 2 is 2.30 bits per heavy atom. The molecule has 7 heteroatoms. The maximum absolute atomic E-state index is 13.9. The molecule has 0 saturated heterocycles. The van der Waals surface area contributed by atoms with Crippen molar-refractivity contribution in [1.29, 1.82) is 0 Å². The van der Waals surface area contributed by atoms with Crippen LogP contribution in [0.1, 0.15) is 18.3 Å². The van der Waals surface area contributed by atoms with Crippen LogP contribution in [0.2, 0.25) is 0 Å². The number of nitrogens with zero attached hydrogens (tertiary/aromatic N) is 4. The Labute approximate surface area is 121 Å². The fraction of sp³-hybridized carbons (Fsp3) is 0.308. The van der Waals surface area contributed by atoms with E-state index in [1.165, 1.54) is 12.3 Å². The molecule has 0 aliphatic carbocycles. The van der Waals surface area contributed by atoms with Crippen molar-refractivity contribution in [2.45, 2.75) is 20.4 Å². The molecule has 0 aromatic carbocycles. The number of pyridine rings is 1. The fourth-order valence-corrected chi connectivity index (χ4v) is 1.80. The number of aliphatic imine (C=N–C) groups is 1. The highest BCUT2D eigenvalue weighted by Crippen LogP contribution is 2.17. The summed E-state index contributed by atoms with van der Waals surface area (Å²) in [6, 6.07) is 3.06. The predicted molar refractivity (Wildman–Crippen MR) is 76.1 cm³/mol. The summed E-state index contributed by atoms with van der Waals surface area (Å²) < 4.78 is 20.7. The molecule has 0 atom stereocenters. The van der Waals surface area contributed by atoms with Crippen LogP contribution >= 0.6 is 12.2 Å². The van der Waals surface area contributed by atoms with Crippen molar-refractivity contribution in [3.8, 4) is 5.75 Å². The number of hydrogen-bond donors (Lipinski definition) is 0. The molecule has 0 bridgehead atoms. The average Bonchev–Trinajstić information content (AvgIpc) is 2.74. The normalized spacial score (nSPS) is 10.2. The lowest BCUT2D eigenvalue weighted by Crippen LogP contribution is -2.08. The van der Waals surface area contributed by atoms with Crippen LogP contribution in [0.5, 0.6) is 5.75 Å². The first-order chi connectivity index (χ1) is 9.63. The van der Waals surface area contributed by atoms with E-state index in [9.17, 15) is 4.39 Å². The first-order valence-corrected chi connectivity index (χ1v) is 6.44. The van der Waals surface area contributed by atoms with Crippen molar-refractivity contribution < 1.29 is 9.13 Å². The van der Waals surface area contributed by atoms with E-state index in [0.717, 1.165) is 5.69 Å². The third kappa shape index (κ3) is 3.26. The fourth-order valence-electron chi connectivity index (χ4n) is 1.71. The summed E-state index contributed by atoms with van der Waals surface area (Å²) in [6.07, 6.45) is 1.50. The Bertz CT molecular complexity index is 664. The van der Waals surface area contributed by atoms with Gasteiger partial charge in [0.25, 0.3) is 0 Å². The highest BCUT2D eigenvalue weighted by atomic mass is 32.1. The largest absolute Gasteiger partial charge is 0.492 e. The number of hydrogen-bond acceptors (Lipinski definition) is 5. The van der Waals surface area contributed by atoms with E-state index < -0.39 is 5.82 Å². The number of halogens is 1. The lowest BCUT2D eigenvalue weighted by Gasteiger charge is -2.07. The molecular weight excluding hydrogens is 279 g/mol. The van der Waals surface area contributed by atoms with Gasteiger partial charge in [-0.05, 0) is 26.1 Å². The van der Waals surface area contributed by atoms with E-state index in [-0.39, 0.29) is 12.2 Å². The standard InChI is InChI=1S/C13H13FN4OS/c1-3-19-10-5-11(14)12(15-6-10)7-18-9(2)4-13(17-18)16-8-20/h4-6H,3,7H2,1-2H3. The van der Waals surface area contributed by atoms with Gasteiger partial charge in [-0.1, -0.05) is 0 Å². The highest BCUT2D eigenvalue weighted by molar-refractivity contribution is 7.78. The molecule has 2 aromatic heterocycles. The maximum Gasteiger partial charge on any atom is 0.184 e. The Hall–Kier alpha value is -2.11. The first-order valence-electron chi connectivity index (χ1n) is 6.03. The summed E-state index contributed by atoms with van der Waals surface area (Å²) in [5.41, 5.74) is 1.13. The van der Waals surface area contributed by atoms with Crippen LogP contribution in [0.3, 0.4) is 0 Å². The van der Waals surface area contributed by atoms with Crippen molar-refractivity contribution in [2.75, 3.05) is 6.61 Å². The summed E-state index contributed by atoms with van der Waals surface area (Å²) in [5, 5.41) is 6.43. The zero-order valence-corrected chi connectivity index (χ0v) is 11.9. The predicted octanol–water partition coefficient (Wildman–Crippen LogP) is 2.91. The second kappa shape index (κ2) is 6.36. The summed E-state index contributed by atoms with van der Waals surface area (Å²) in [5.74, 6) is 0.437. The summed E-state index contributed by atoms with van der Waals surface area (Å²) in [4.78, 5) is 7.85. The molecular formula is C13H13FN4OS. The Kier molecular flexibility index (Phi) is 4.55. The molecule has 0 N–H and O–H groups in total. The topological polar surface area (TPSA) is 52.3 Å². The number of rotatable bonds is 5. The third-order valence-corrected chi connectivity index (χ3v) is 2.72. The third-order valence-electron chi connectivity index (χ3n) is 2.63. The van der Waals surface area contributed by atoms with Crippen molar-refractivity contribution in [2.24, 2.45) is 4.99 Å². The molecule has 0 saturated carbocycles. The van der Waals surface area contributed by atoms with E-state index in [1.807, 2.05) is 13.8 Å². The van der Waals surface area contributed by atoms with Gasteiger partial charge in [-0.15, -0.1) is 0 Å². The molecule has 20 heavy (non-hydrogen) atoms. The van der Waals surface area contributed by atoms with E-state index in [2.05, 4.69) is 32.5 Å². The summed E-state index contributed by atoms with van der Waals surface area (Å²) in [7, 11) is 0. The molecule has 0 amide bonds. The van der Waals surface area contributed by atoms with Crippen LogP contribution in [-0.2, 0) is 6.54 Å². The number of isothiocyanates is 1. The molecule has 0 aliphatic rings. The van der Waals surface area contributed by atoms with Crippen LogP contribution in [0.4, 0.5) is 10.2 Å². The van der Waals surface area contributed by atoms with Gasteiger partial charge in [-0.25, -0.2) is 4.39 Å². The molecule has 0 radical (unpaired) electrons. The number of aryl methyl sites for hydroxylation is 1. The Morgan fingerprint density at radius 1 is 1.50 bits per heavy atom. The smallest absolute Gasteiger partial charge is 0.184 e. The molecule has 2 rings (SSSR count).